The first-order valence-corrected chi connectivity index (χ1v) is 12.3. The molecular weight excluding hydrogens is 414 g/mol. The minimum Gasteiger partial charge on any atom is -0.459 e. The van der Waals surface area contributed by atoms with Crippen LogP contribution in [0.3, 0.4) is 0 Å². The molecule has 174 valence electrons. The predicted octanol–water partition coefficient (Wildman–Crippen LogP) is 4.53. The number of ether oxygens (including phenoxy) is 2. The average molecular weight is 448 g/mol. The van der Waals surface area contributed by atoms with Crippen LogP contribution in [0.25, 0.3) is 11.1 Å². The summed E-state index contributed by atoms with van der Waals surface area (Å²) in [6, 6.07) is 15.3. The third kappa shape index (κ3) is 4.71. The number of carbonyl (C=O) groups excluding carboxylic acids is 1. The Morgan fingerprint density at radius 1 is 1.15 bits per heavy atom. The molecule has 0 spiro atoms. The molecule has 0 aromatic heterocycles. The van der Waals surface area contributed by atoms with Gasteiger partial charge in [-0.3, -0.25) is 4.79 Å². The molecule has 3 atom stereocenters. The van der Waals surface area contributed by atoms with Crippen LogP contribution >= 0.6 is 0 Å². The van der Waals surface area contributed by atoms with Crippen LogP contribution in [-0.2, 0) is 20.7 Å². The smallest absolute Gasteiger partial charge is 0.286 e. The number of aliphatic hydroxyl groups excluding tert-OH is 1. The van der Waals surface area contributed by atoms with Crippen LogP contribution in [0.2, 0.25) is 0 Å². The molecule has 1 fully saturated rings. The van der Waals surface area contributed by atoms with Gasteiger partial charge in [0.1, 0.15) is 0 Å². The number of fused-ring (bicyclic) bond motifs is 3. The average Bonchev–Trinajstić information content (AvgIpc) is 3.59. The molecule has 1 heterocycles. The van der Waals surface area contributed by atoms with Gasteiger partial charge in [-0.25, -0.2) is 0 Å². The highest BCUT2D eigenvalue weighted by Gasteiger charge is 2.38. The molecule has 5 heteroatoms. The van der Waals surface area contributed by atoms with Crippen LogP contribution in [0.1, 0.15) is 55.2 Å². The maximum absolute atomic E-state index is 12.9. The van der Waals surface area contributed by atoms with Gasteiger partial charge in [-0.2, -0.15) is 0 Å². The van der Waals surface area contributed by atoms with Crippen molar-refractivity contribution in [3.05, 3.63) is 71.0 Å². The van der Waals surface area contributed by atoms with Gasteiger partial charge >= 0.3 is 0 Å². The SMILES string of the molecule is CCO[C@H]1OC(C(=O)NCC2CC2)=C[C@@H](c2ccc3c(c2)Cc2ccccc2-3)[C@@H]1CCCO. The summed E-state index contributed by atoms with van der Waals surface area (Å²) in [4.78, 5) is 12.9. The molecule has 2 aromatic rings. The number of carbonyl (C=O) groups is 1. The molecule has 0 radical (unpaired) electrons. The van der Waals surface area contributed by atoms with Gasteiger partial charge in [0.2, 0.25) is 6.29 Å². The molecule has 1 aliphatic heterocycles. The van der Waals surface area contributed by atoms with Crippen LogP contribution in [0.15, 0.2) is 54.3 Å². The molecular formula is C28H33NO4. The number of amides is 1. The first-order valence-electron chi connectivity index (χ1n) is 12.3. The summed E-state index contributed by atoms with van der Waals surface area (Å²) in [6.07, 6.45) is 6.19. The van der Waals surface area contributed by atoms with Crippen molar-refractivity contribution in [2.24, 2.45) is 11.8 Å². The van der Waals surface area contributed by atoms with E-state index in [-0.39, 0.29) is 24.3 Å². The lowest BCUT2D eigenvalue weighted by Gasteiger charge is -2.37. The highest BCUT2D eigenvalue weighted by molar-refractivity contribution is 5.91. The third-order valence-corrected chi connectivity index (χ3v) is 7.09. The maximum atomic E-state index is 12.9. The van der Waals surface area contributed by atoms with E-state index in [9.17, 15) is 9.90 Å². The Labute approximate surface area is 195 Å². The molecule has 5 nitrogen and oxygen atoms in total. The van der Waals surface area contributed by atoms with Gasteiger partial charge in [0.15, 0.2) is 5.76 Å². The summed E-state index contributed by atoms with van der Waals surface area (Å²) in [7, 11) is 0. The van der Waals surface area contributed by atoms with Crippen LogP contribution < -0.4 is 5.32 Å². The van der Waals surface area contributed by atoms with Gasteiger partial charge in [0, 0.05) is 31.6 Å². The fourth-order valence-corrected chi connectivity index (χ4v) is 5.16. The highest BCUT2D eigenvalue weighted by atomic mass is 16.7. The largest absolute Gasteiger partial charge is 0.459 e. The van der Waals surface area contributed by atoms with Crippen molar-refractivity contribution < 1.29 is 19.4 Å². The molecule has 33 heavy (non-hydrogen) atoms. The quantitative estimate of drug-likeness (QED) is 0.506. The zero-order valence-corrected chi connectivity index (χ0v) is 19.3. The number of allylic oxidation sites excluding steroid dienone is 1. The Bertz CT molecular complexity index is 1040. The minimum atomic E-state index is -0.510. The number of rotatable bonds is 9. The number of nitrogens with one attached hydrogen (secondary N) is 1. The molecule has 3 aliphatic rings. The summed E-state index contributed by atoms with van der Waals surface area (Å²) in [5, 5.41) is 12.5. The van der Waals surface area contributed by atoms with E-state index in [0.717, 1.165) is 12.8 Å². The zero-order valence-electron chi connectivity index (χ0n) is 19.3. The summed E-state index contributed by atoms with van der Waals surface area (Å²) >= 11 is 0. The molecule has 2 aromatic carbocycles. The second-order valence-electron chi connectivity index (χ2n) is 9.43. The molecule has 1 saturated carbocycles. The minimum absolute atomic E-state index is 0.0162. The number of benzene rings is 2. The number of hydrogen-bond donors (Lipinski definition) is 2. The first kappa shape index (κ1) is 22.2. The second-order valence-corrected chi connectivity index (χ2v) is 9.43. The van der Waals surface area contributed by atoms with Crippen LogP contribution in [0.4, 0.5) is 0 Å². The lowest BCUT2D eigenvalue weighted by molar-refractivity contribution is -0.166. The molecule has 0 unspecified atom stereocenters. The highest BCUT2D eigenvalue weighted by Crippen LogP contribution is 2.43. The molecule has 1 amide bonds. The Hall–Kier alpha value is -2.63. The fourth-order valence-electron chi connectivity index (χ4n) is 5.16. The molecule has 0 bridgehead atoms. The van der Waals surface area contributed by atoms with E-state index in [2.05, 4.69) is 47.8 Å². The van der Waals surface area contributed by atoms with Crippen molar-refractivity contribution in [1.29, 1.82) is 0 Å². The summed E-state index contributed by atoms with van der Waals surface area (Å²) in [5.74, 6) is 0.803. The third-order valence-electron chi connectivity index (χ3n) is 7.09. The summed E-state index contributed by atoms with van der Waals surface area (Å²) in [6.45, 7) is 3.28. The fraction of sp³-hybridized carbons (Fsp3) is 0.464. The number of aliphatic hydroxyl groups is 1. The Morgan fingerprint density at radius 2 is 1.97 bits per heavy atom. The van der Waals surface area contributed by atoms with E-state index in [1.165, 1.54) is 40.7 Å². The lowest BCUT2D eigenvalue weighted by atomic mass is 9.80. The maximum Gasteiger partial charge on any atom is 0.286 e. The van der Waals surface area contributed by atoms with Crippen molar-refractivity contribution in [2.45, 2.75) is 51.2 Å². The van der Waals surface area contributed by atoms with Crippen LogP contribution in [0, 0.1) is 11.8 Å². The molecule has 5 rings (SSSR count). The van der Waals surface area contributed by atoms with Crippen molar-refractivity contribution in [3.63, 3.8) is 0 Å². The summed E-state index contributed by atoms with van der Waals surface area (Å²) < 4.78 is 12.1. The van der Waals surface area contributed by atoms with E-state index >= 15 is 0 Å². The van der Waals surface area contributed by atoms with Crippen molar-refractivity contribution >= 4 is 5.91 Å². The van der Waals surface area contributed by atoms with Gasteiger partial charge in [-0.1, -0.05) is 42.5 Å². The van der Waals surface area contributed by atoms with Crippen LogP contribution in [-0.4, -0.2) is 37.1 Å². The van der Waals surface area contributed by atoms with Gasteiger partial charge in [0.05, 0.1) is 0 Å². The van der Waals surface area contributed by atoms with E-state index < -0.39 is 6.29 Å². The predicted molar refractivity (Wildman–Crippen MR) is 128 cm³/mol. The van der Waals surface area contributed by atoms with Crippen LogP contribution in [0.5, 0.6) is 0 Å². The van der Waals surface area contributed by atoms with E-state index in [0.29, 0.717) is 31.2 Å². The van der Waals surface area contributed by atoms with Gasteiger partial charge in [0.25, 0.3) is 5.91 Å². The van der Waals surface area contributed by atoms with E-state index in [1.807, 2.05) is 13.0 Å². The summed E-state index contributed by atoms with van der Waals surface area (Å²) in [5.41, 5.74) is 6.45. The second kappa shape index (κ2) is 9.70. The van der Waals surface area contributed by atoms with Gasteiger partial charge < -0.3 is 19.9 Å². The van der Waals surface area contributed by atoms with Crippen molar-refractivity contribution in [3.8, 4) is 11.1 Å². The monoisotopic (exact) mass is 447 g/mol. The van der Waals surface area contributed by atoms with Crippen molar-refractivity contribution in [2.75, 3.05) is 19.8 Å². The molecule has 2 N–H and O–H groups in total. The number of hydrogen-bond acceptors (Lipinski definition) is 4. The molecule has 2 aliphatic carbocycles. The Morgan fingerprint density at radius 3 is 2.76 bits per heavy atom. The topological polar surface area (TPSA) is 67.8 Å². The zero-order chi connectivity index (χ0) is 22.8. The first-order chi connectivity index (χ1) is 16.2. The normalized spacial score (nSPS) is 23.3. The van der Waals surface area contributed by atoms with Gasteiger partial charge in [-0.15, -0.1) is 0 Å². The Kier molecular flexibility index (Phi) is 6.52. The Balaban J connectivity index is 1.47. The van der Waals surface area contributed by atoms with Gasteiger partial charge in [-0.05, 0) is 78.8 Å². The van der Waals surface area contributed by atoms with E-state index in [1.54, 1.807) is 0 Å². The lowest BCUT2D eigenvalue weighted by Crippen LogP contribution is -2.39. The molecule has 0 saturated heterocycles. The standard InChI is InChI=1S/C28H33NO4/c1-2-32-28-24(8-5-13-30)25(16-26(33-28)27(31)29-17-18-9-10-18)20-11-12-23-21(15-20)14-19-6-3-4-7-22(19)23/h3-4,6-7,11-12,15-16,18,24-25,28,30H,2,5,8-10,13-14,17H2,1H3,(H,29,31)/t24-,25-,28-/m0/s1. The van der Waals surface area contributed by atoms with E-state index in [4.69, 9.17) is 9.47 Å². The van der Waals surface area contributed by atoms with Crippen molar-refractivity contribution in [1.82, 2.24) is 5.32 Å².